The summed E-state index contributed by atoms with van der Waals surface area (Å²) in [6.45, 7) is 0. The zero-order chi connectivity index (χ0) is 12.4. The average Bonchev–Trinajstić information content (AvgIpc) is 3.04. The Morgan fingerprint density at radius 2 is 1.83 bits per heavy atom. The molecule has 0 radical (unpaired) electrons. The van der Waals surface area contributed by atoms with E-state index < -0.39 is 0 Å². The summed E-state index contributed by atoms with van der Waals surface area (Å²) >= 11 is 1.84. The standard InChI is InChI=1S/C16H19NS/c17-16(8-7-15-6-3-9-18-15)14-10-12-4-1-2-5-13(12)11-14/h1-6,9,14,16H,7-8,10-11,17H2. The summed E-state index contributed by atoms with van der Waals surface area (Å²) < 4.78 is 0. The van der Waals surface area contributed by atoms with Gasteiger partial charge in [-0.15, -0.1) is 11.3 Å². The summed E-state index contributed by atoms with van der Waals surface area (Å²) in [4.78, 5) is 1.46. The summed E-state index contributed by atoms with van der Waals surface area (Å²) in [5.74, 6) is 0.641. The van der Waals surface area contributed by atoms with Crippen molar-refractivity contribution in [2.75, 3.05) is 0 Å². The fraction of sp³-hybridized carbons (Fsp3) is 0.375. The molecule has 0 saturated carbocycles. The molecule has 1 aromatic carbocycles. The van der Waals surface area contributed by atoms with E-state index in [4.69, 9.17) is 5.73 Å². The van der Waals surface area contributed by atoms with Crippen LogP contribution in [0.1, 0.15) is 22.4 Å². The van der Waals surface area contributed by atoms with Crippen LogP contribution in [0.2, 0.25) is 0 Å². The van der Waals surface area contributed by atoms with Crippen molar-refractivity contribution in [3.8, 4) is 0 Å². The van der Waals surface area contributed by atoms with E-state index in [-0.39, 0.29) is 0 Å². The Hall–Kier alpha value is -1.12. The van der Waals surface area contributed by atoms with Gasteiger partial charge in [0.2, 0.25) is 0 Å². The van der Waals surface area contributed by atoms with E-state index in [9.17, 15) is 0 Å². The predicted octanol–water partition coefficient (Wildman–Crippen LogP) is 3.42. The van der Waals surface area contributed by atoms with Crippen LogP contribution in [0.15, 0.2) is 41.8 Å². The predicted molar refractivity (Wildman–Crippen MR) is 78.0 cm³/mol. The number of hydrogen-bond donors (Lipinski definition) is 1. The first kappa shape index (κ1) is 11.9. The van der Waals surface area contributed by atoms with Crippen molar-refractivity contribution in [2.45, 2.75) is 31.7 Å². The molecule has 0 saturated heterocycles. The van der Waals surface area contributed by atoms with Crippen molar-refractivity contribution in [2.24, 2.45) is 11.7 Å². The van der Waals surface area contributed by atoms with E-state index in [1.807, 2.05) is 11.3 Å². The number of aryl methyl sites for hydroxylation is 1. The molecule has 1 unspecified atom stereocenters. The summed E-state index contributed by atoms with van der Waals surface area (Å²) in [6, 6.07) is 13.4. The molecule has 1 aromatic heterocycles. The van der Waals surface area contributed by atoms with Gasteiger partial charge >= 0.3 is 0 Å². The number of nitrogens with two attached hydrogens (primary N) is 1. The molecule has 1 heterocycles. The SMILES string of the molecule is NC(CCc1cccs1)C1Cc2ccccc2C1. The molecule has 2 aromatic rings. The van der Waals surface area contributed by atoms with Gasteiger partial charge in [0.05, 0.1) is 0 Å². The Labute approximate surface area is 113 Å². The summed E-state index contributed by atoms with van der Waals surface area (Å²) in [7, 11) is 0. The molecule has 0 amide bonds. The molecule has 18 heavy (non-hydrogen) atoms. The second-order valence-corrected chi connectivity index (χ2v) is 6.25. The highest BCUT2D eigenvalue weighted by Gasteiger charge is 2.25. The van der Waals surface area contributed by atoms with Gasteiger partial charge in [-0.25, -0.2) is 0 Å². The van der Waals surface area contributed by atoms with Crippen molar-refractivity contribution in [3.63, 3.8) is 0 Å². The third-order valence-corrected chi connectivity index (χ3v) is 4.93. The Balaban J connectivity index is 1.57. The molecule has 2 heteroatoms. The van der Waals surface area contributed by atoms with Crippen molar-refractivity contribution < 1.29 is 0 Å². The van der Waals surface area contributed by atoms with Gasteiger partial charge in [0.15, 0.2) is 0 Å². The first-order valence-electron chi connectivity index (χ1n) is 6.67. The maximum atomic E-state index is 6.38. The second kappa shape index (κ2) is 5.25. The minimum atomic E-state index is 0.333. The number of hydrogen-bond acceptors (Lipinski definition) is 2. The molecular formula is C16H19NS. The number of rotatable bonds is 4. The highest BCUT2D eigenvalue weighted by atomic mass is 32.1. The van der Waals surface area contributed by atoms with Crippen LogP contribution in [-0.4, -0.2) is 6.04 Å². The van der Waals surface area contributed by atoms with Gasteiger partial charge in [0, 0.05) is 10.9 Å². The van der Waals surface area contributed by atoms with E-state index >= 15 is 0 Å². The third kappa shape index (κ3) is 2.50. The fourth-order valence-electron chi connectivity index (χ4n) is 2.90. The van der Waals surface area contributed by atoms with Gasteiger partial charge in [0.1, 0.15) is 0 Å². The molecule has 0 bridgehead atoms. The number of thiophene rings is 1. The summed E-state index contributed by atoms with van der Waals surface area (Å²) in [5, 5.41) is 2.15. The number of benzene rings is 1. The minimum Gasteiger partial charge on any atom is -0.327 e. The molecule has 1 atom stereocenters. The molecule has 1 aliphatic carbocycles. The highest BCUT2D eigenvalue weighted by molar-refractivity contribution is 7.09. The maximum absolute atomic E-state index is 6.38. The van der Waals surface area contributed by atoms with Crippen LogP contribution in [0.25, 0.3) is 0 Å². The van der Waals surface area contributed by atoms with Crippen LogP contribution in [0.5, 0.6) is 0 Å². The third-order valence-electron chi connectivity index (χ3n) is 3.99. The quantitative estimate of drug-likeness (QED) is 0.892. The van der Waals surface area contributed by atoms with E-state index in [0.29, 0.717) is 12.0 Å². The van der Waals surface area contributed by atoms with Crippen LogP contribution < -0.4 is 5.73 Å². The topological polar surface area (TPSA) is 26.0 Å². The van der Waals surface area contributed by atoms with Gasteiger partial charge in [-0.3, -0.25) is 0 Å². The average molecular weight is 257 g/mol. The van der Waals surface area contributed by atoms with E-state index in [2.05, 4.69) is 41.8 Å². The van der Waals surface area contributed by atoms with Crippen molar-refractivity contribution in [1.82, 2.24) is 0 Å². The van der Waals surface area contributed by atoms with Crippen LogP contribution in [0, 0.1) is 5.92 Å². The lowest BCUT2D eigenvalue weighted by Gasteiger charge is -2.18. The van der Waals surface area contributed by atoms with Crippen LogP contribution >= 0.6 is 11.3 Å². The monoisotopic (exact) mass is 257 g/mol. The van der Waals surface area contributed by atoms with E-state index in [0.717, 1.165) is 12.8 Å². The second-order valence-electron chi connectivity index (χ2n) is 5.22. The Bertz CT molecular complexity index is 479. The summed E-state index contributed by atoms with van der Waals surface area (Å²) in [5.41, 5.74) is 9.40. The fourth-order valence-corrected chi connectivity index (χ4v) is 3.62. The molecule has 1 nitrogen and oxygen atoms in total. The molecule has 0 fully saturated rings. The molecule has 0 aliphatic heterocycles. The van der Waals surface area contributed by atoms with Crippen LogP contribution in [0.4, 0.5) is 0 Å². The van der Waals surface area contributed by atoms with Crippen molar-refractivity contribution in [3.05, 3.63) is 57.8 Å². The number of fused-ring (bicyclic) bond motifs is 1. The van der Waals surface area contributed by atoms with Gasteiger partial charge in [0.25, 0.3) is 0 Å². The normalized spacial score (nSPS) is 16.7. The molecule has 1 aliphatic rings. The zero-order valence-corrected chi connectivity index (χ0v) is 11.3. The largest absolute Gasteiger partial charge is 0.327 e. The van der Waals surface area contributed by atoms with Gasteiger partial charge in [-0.2, -0.15) is 0 Å². The van der Waals surface area contributed by atoms with E-state index in [1.54, 1.807) is 0 Å². The lowest BCUT2D eigenvalue weighted by molar-refractivity contribution is 0.418. The Morgan fingerprint density at radius 3 is 2.44 bits per heavy atom. The van der Waals surface area contributed by atoms with Crippen LogP contribution in [0.3, 0.4) is 0 Å². The molecule has 0 spiro atoms. The van der Waals surface area contributed by atoms with E-state index in [1.165, 1.54) is 28.8 Å². The first-order chi connectivity index (χ1) is 8.83. The lowest BCUT2D eigenvalue weighted by Crippen LogP contribution is -2.31. The maximum Gasteiger partial charge on any atom is 0.00769 e. The lowest BCUT2D eigenvalue weighted by atomic mass is 9.93. The molecular weight excluding hydrogens is 238 g/mol. The zero-order valence-electron chi connectivity index (χ0n) is 10.5. The van der Waals surface area contributed by atoms with Gasteiger partial charge in [-0.1, -0.05) is 30.3 Å². The van der Waals surface area contributed by atoms with Crippen LogP contribution in [-0.2, 0) is 19.3 Å². The van der Waals surface area contributed by atoms with Gasteiger partial charge in [-0.05, 0) is 54.2 Å². The highest BCUT2D eigenvalue weighted by Crippen LogP contribution is 2.29. The minimum absolute atomic E-state index is 0.333. The van der Waals surface area contributed by atoms with Crippen molar-refractivity contribution >= 4 is 11.3 Å². The van der Waals surface area contributed by atoms with Gasteiger partial charge < -0.3 is 5.73 Å². The summed E-state index contributed by atoms with van der Waals surface area (Å²) in [6.07, 6.45) is 4.58. The smallest absolute Gasteiger partial charge is 0.00769 e. The Morgan fingerprint density at radius 1 is 1.11 bits per heavy atom. The first-order valence-corrected chi connectivity index (χ1v) is 7.55. The van der Waals surface area contributed by atoms with Crippen molar-refractivity contribution in [1.29, 1.82) is 0 Å². The Kier molecular flexibility index (Phi) is 3.48. The molecule has 3 rings (SSSR count). The molecule has 2 N–H and O–H groups in total. The molecule has 94 valence electrons.